The average molecular weight is 246 g/mol. The van der Waals surface area contributed by atoms with Gasteiger partial charge in [-0.05, 0) is 44.2 Å². The minimum absolute atomic E-state index is 0.0619. The average Bonchev–Trinajstić information content (AvgIpc) is 2.26. The predicted molar refractivity (Wildman–Crippen MR) is 73.3 cm³/mol. The fourth-order valence-corrected chi connectivity index (χ4v) is 2.51. The molecule has 3 N–H and O–H groups in total. The summed E-state index contributed by atoms with van der Waals surface area (Å²) in [6.07, 6.45) is 3.39. The fourth-order valence-electron chi connectivity index (χ4n) is 2.51. The van der Waals surface area contributed by atoms with E-state index in [1.165, 1.54) is 11.1 Å². The van der Waals surface area contributed by atoms with Crippen LogP contribution < -0.4 is 11.1 Å². The first-order valence-electron chi connectivity index (χ1n) is 6.59. The molecule has 0 spiro atoms. The Hall–Kier alpha value is -1.35. The van der Waals surface area contributed by atoms with Gasteiger partial charge in [-0.1, -0.05) is 24.3 Å². The van der Waals surface area contributed by atoms with Crippen LogP contribution in [0.1, 0.15) is 37.8 Å². The highest BCUT2D eigenvalue weighted by molar-refractivity contribution is 5.77. The Bertz CT molecular complexity index is 434. The molecule has 1 aromatic rings. The maximum absolute atomic E-state index is 11.8. The van der Waals surface area contributed by atoms with E-state index in [-0.39, 0.29) is 11.9 Å². The second-order valence-corrected chi connectivity index (χ2v) is 5.94. The minimum atomic E-state index is -0.434. The smallest absolute Gasteiger partial charge is 0.222 e. The van der Waals surface area contributed by atoms with Crippen LogP contribution in [0.2, 0.25) is 0 Å². The summed E-state index contributed by atoms with van der Waals surface area (Å²) in [5, 5.41) is 3.10. The van der Waals surface area contributed by atoms with Crippen molar-refractivity contribution in [2.75, 3.05) is 0 Å². The number of carbonyl (C=O) groups is 1. The molecule has 98 valence electrons. The zero-order valence-electron chi connectivity index (χ0n) is 11.2. The van der Waals surface area contributed by atoms with Crippen LogP contribution in [-0.2, 0) is 17.6 Å². The van der Waals surface area contributed by atoms with Crippen molar-refractivity contribution in [3.05, 3.63) is 35.4 Å². The van der Waals surface area contributed by atoms with Crippen LogP contribution in [-0.4, -0.2) is 17.5 Å². The first-order chi connectivity index (χ1) is 8.44. The molecule has 1 aromatic carbocycles. The van der Waals surface area contributed by atoms with Gasteiger partial charge in [0, 0.05) is 18.0 Å². The number of nitrogens with two attached hydrogens (primary N) is 1. The van der Waals surface area contributed by atoms with Crippen LogP contribution in [0.4, 0.5) is 0 Å². The number of fused-ring (bicyclic) bond motifs is 1. The molecule has 0 saturated carbocycles. The molecule has 0 radical (unpaired) electrons. The summed E-state index contributed by atoms with van der Waals surface area (Å²) in [6.45, 7) is 3.76. The molecular formula is C15H22N2O. The van der Waals surface area contributed by atoms with Gasteiger partial charge in [0.15, 0.2) is 0 Å². The first-order valence-corrected chi connectivity index (χ1v) is 6.59. The van der Waals surface area contributed by atoms with Gasteiger partial charge in [0.05, 0.1) is 0 Å². The number of carbonyl (C=O) groups excluding carboxylic acids is 1. The lowest BCUT2D eigenvalue weighted by Crippen LogP contribution is -2.44. The lowest BCUT2D eigenvalue weighted by molar-refractivity contribution is -0.122. The van der Waals surface area contributed by atoms with Gasteiger partial charge in [-0.3, -0.25) is 4.79 Å². The monoisotopic (exact) mass is 246 g/mol. The molecule has 3 heteroatoms. The molecule has 0 fully saturated rings. The zero-order chi connectivity index (χ0) is 13.2. The third-order valence-electron chi connectivity index (χ3n) is 3.33. The summed E-state index contributed by atoms with van der Waals surface area (Å²) in [5.41, 5.74) is 8.20. The molecule has 1 amide bonds. The molecule has 0 heterocycles. The highest BCUT2D eigenvalue weighted by Crippen LogP contribution is 2.21. The van der Waals surface area contributed by atoms with E-state index in [2.05, 4.69) is 29.6 Å². The van der Waals surface area contributed by atoms with Crippen molar-refractivity contribution in [2.24, 2.45) is 5.73 Å². The van der Waals surface area contributed by atoms with E-state index in [0.717, 1.165) is 19.3 Å². The maximum Gasteiger partial charge on any atom is 0.222 e. The summed E-state index contributed by atoms with van der Waals surface area (Å²) >= 11 is 0. The third-order valence-corrected chi connectivity index (χ3v) is 3.33. The number of hydrogen-bond acceptors (Lipinski definition) is 2. The highest BCUT2D eigenvalue weighted by Gasteiger charge is 2.22. The van der Waals surface area contributed by atoms with Crippen molar-refractivity contribution in [1.29, 1.82) is 0 Å². The van der Waals surface area contributed by atoms with Crippen molar-refractivity contribution in [3.8, 4) is 0 Å². The van der Waals surface area contributed by atoms with E-state index in [1.807, 2.05) is 13.8 Å². The standard InChI is InChI=1S/C15H22N2O/c1-15(2,16)10-14(18)17-13-8-7-11-5-3-4-6-12(11)9-13/h3-6,13H,7-10,16H2,1-2H3,(H,17,18). The molecule has 0 bridgehead atoms. The number of rotatable bonds is 3. The van der Waals surface area contributed by atoms with Crippen LogP contribution in [0.25, 0.3) is 0 Å². The Morgan fingerprint density at radius 2 is 2.06 bits per heavy atom. The maximum atomic E-state index is 11.8. The summed E-state index contributed by atoms with van der Waals surface area (Å²) in [4.78, 5) is 11.8. The van der Waals surface area contributed by atoms with Gasteiger partial charge in [0.25, 0.3) is 0 Å². The Labute approximate surface area is 109 Å². The summed E-state index contributed by atoms with van der Waals surface area (Å²) in [6, 6.07) is 8.73. The van der Waals surface area contributed by atoms with E-state index < -0.39 is 5.54 Å². The highest BCUT2D eigenvalue weighted by atomic mass is 16.1. The van der Waals surface area contributed by atoms with E-state index in [1.54, 1.807) is 0 Å². The van der Waals surface area contributed by atoms with E-state index >= 15 is 0 Å². The molecule has 0 aromatic heterocycles. The number of amides is 1. The van der Waals surface area contributed by atoms with E-state index in [9.17, 15) is 4.79 Å². The Kier molecular flexibility index (Phi) is 3.71. The van der Waals surface area contributed by atoms with Gasteiger partial charge in [-0.15, -0.1) is 0 Å². The Balaban J connectivity index is 1.92. The second-order valence-electron chi connectivity index (χ2n) is 5.94. The van der Waals surface area contributed by atoms with E-state index in [0.29, 0.717) is 6.42 Å². The largest absolute Gasteiger partial charge is 0.353 e. The van der Waals surface area contributed by atoms with Crippen LogP contribution in [0, 0.1) is 0 Å². The van der Waals surface area contributed by atoms with Crippen molar-refractivity contribution >= 4 is 5.91 Å². The predicted octanol–water partition coefficient (Wildman–Crippen LogP) is 1.79. The number of hydrogen-bond donors (Lipinski definition) is 2. The molecule has 2 rings (SSSR count). The van der Waals surface area contributed by atoms with Gasteiger partial charge in [0.2, 0.25) is 5.91 Å². The molecule has 3 nitrogen and oxygen atoms in total. The molecule has 18 heavy (non-hydrogen) atoms. The molecule has 0 saturated heterocycles. The van der Waals surface area contributed by atoms with Crippen molar-refractivity contribution in [1.82, 2.24) is 5.32 Å². The van der Waals surface area contributed by atoms with Gasteiger partial charge >= 0.3 is 0 Å². The topological polar surface area (TPSA) is 55.1 Å². The zero-order valence-corrected chi connectivity index (χ0v) is 11.2. The third kappa shape index (κ3) is 3.57. The Morgan fingerprint density at radius 1 is 1.39 bits per heavy atom. The summed E-state index contributed by atoms with van der Waals surface area (Å²) in [7, 11) is 0. The molecule has 1 aliphatic rings. The fraction of sp³-hybridized carbons (Fsp3) is 0.533. The molecule has 0 aliphatic heterocycles. The van der Waals surface area contributed by atoms with Crippen molar-refractivity contribution in [3.63, 3.8) is 0 Å². The molecule has 1 unspecified atom stereocenters. The molecular weight excluding hydrogens is 224 g/mol. The lowest BCUT2D eigenvalue weighted by Gasteiger charge is -2.27. The summed E-state index contributed by atoms with van der Waals surface area (Å²) < 4.78 is 0. The Morgan fingerprint density at radius 3 is 2.72 bits per heavy atom. The SMILES string of the molecule is CC(C)(N)CC(=O)NC1CCc2ccccc2C1. The lowest BCUT2D eigenvalue weighted by atomic mass is 9.88. The summed E-state index contributed by atoms with van der Waals surface area (Å²) in [5.74, 6) is 0.0619. The van der Waals surface area contributed by atoms with E-state index in [4.69, 9.17) is 5.73 Å². The van der Waals surface area contributed by atoms with Crippen LogP contribution in [0.15, 0.2) is 24.3 Å². The van der Waals surface area contributed by atoms with Crippen LogP contribution >= 0.6 is 0 Å². The van der Waals surface area contributed by atoms with Gasteiger partial charge < -0.3 is 11.1 Å². The number of nitrogens with one attached hydrogen (secondary N) is 1. The van der Waals surface area contributed by atoms with Crippen LogP contribution in [0.5, 0.6) is 0 Å². The van der Waals surface area contributed by atoms with Crippen molar-refractivity contribution < 1.29 is 4.79 Å². The molecule has 1 aliphatic carbocycles. The first kappa shape index (κ1) is 13.1. The van der Waals surface area contributed by atoms with Gasteiger partial charge in [-0.25, -0.2) is 0 Å². The normalized spacial score (nSPS) is 19.2. The van der Waals surface area contributed by atoms with Crippen LogP contribution in [0.3, 0.4) is 0 Å². The minimum Gasteiger partial charge on any atom is -0.353 e. The van der Waals surface area contributed by atoms with Gasteiger partial charge in [0.1, 0.15) is 0 Å². The van der Waals surface area contributed by atoms with Crippen molar-refractivity contribution in [2.45, 2.75) is 51.1 Å². The second kappa shape index (κ2) is 5.11. The number of aryl methyl sites for hydroxylation is 1. The quantitative estimate of drug-likeness (QED) is 0.854. The molecule has 1 atom stereocenters. The van der Waals surface area contributed by atoms with Gasteiger partial charge in [-0.2, -0.15) is 0 Å². The number of benzene rings is 1.